The Labute approximate surface area is 135 Å². The second-order valence-electron chi connectivity index (χ2n) is 5.92. The van der Waals surface area contributed by atoms with Crippen LogP contribution >= 0.6 is 0 Å². The van der Waals surface area contributed by atoms with Crippen molar-refractivity contribution < 1.29 is 19.1 Å². The number of hydrogen-bond acceptors (Lipinski definition) is 4. The van der Waals surface area contributed by atoms with Crippen LogP contribution in [0.15, 0.2) is 36.4 Å². The second kappa shape index (κ2) is 8.73. The molecule has 0 spiro atoms. The molecule has 2 amide bonds. The van der Waals surface area contributed by atoms with Gasteiger partial charge in [-0.25, -0.2) is 0 Å². The van der Waals surface area contributed by atoms with E-state index < -0.39 is 11.9 Å². The van der Waals surface area contributed by atoms with Gasteiger partial charge in [0.2, 0.25) is 5.91 Å². The number of amides is 2. The number of carbonyl (C=O) groups is 3. The molecule has 0 heterocycles. The summed E-state index contributed by atoms with van der Waals surface area (Å²) < 4.78 is 4.77. The third-order valence-electron chi connectivity index (χ3n) is 2.51. The van der Waals surface area contributed by atoms with Crippen LogP contribution in [0.25, 0.3) is 6.08 Å². The monoisotopic (exact) mass is 318 g/mol. The highest BCUT2D eigenvalue weighted by Crippen LogP contribution is 2.00. The Kier molecular flexibility index (Phi) is 6.99. The first-order valence-electron chi connectivity index (χ1n) is 7.24. The Bertz CT molecular complexity index is 574. The van der Waals surface area contributed by atoms with Gasteiger partial charge in [0.25, 0.3) is 5.91 Å². The van der Waals surface area contributed by atoms with Crippen LogP contribution in [0.1, 0.15) is 26.3 Å². The summed E-state index contributed by atoms with van der Waals surface area (Å²) in [6.07, 6.45) is 2.96. The summed E-state index contributed by atoms with van der Waals surface area (Å²) in [5.41, 5.74) is 0.490. The molecule has 124 valence electrons. The van der Waals surface area contributed by atoms with Crippen LogP contribution in [-0.2, 0) is 19.1 Å². The number of ether oxygens (including phenoxy) is 1. The first-order chi connectivity index (χ1) is 10.8. The topological polar surface area (TPSA) is 84.5 Å². The predicted octanol–water partition coefficient (Wildman–Crippen LogP) is 1.27. The van der Waals surface area contributed by atoms with Gasteiger partial charge in [-0.2, -0.15) is 0 Å². The van der Waals surface area contributed by atoms with Gasteiger partial charge in [0, 0.05) is 11.6 Å². The Morgan fingerprint density at radius 3 is 2.39 bits per heavy atom. The molecule has 1 rings (SSSR count). The summed E-state index contributed by atoms with van der Waals surface area (Å²) in [7, 11) is 0. The van der Waals surface area contributed by atoms with Gasteiger partial charge in [0.15, 0.2) is 6.61 Å². The minimum Gasteiger partial charge on any atom is -0.454 e. The fraction of sp³-hybridized carbons (Fsp3) is 0.353. The van der Waals surface area contributed by atoms with E-state index in [9.17, 15) is 14.4 Å². The highest BCUT2D eigenvalue weighted by molar-refractivity contribution is 5.93. The molecule has 0 aliphatic heterocycles. The lowest BCUT2D eigenvalue weighted by Gasteiger charge is -2.20. The van der Waals surface area contributed by atoms with Crippen molar-refractivity contribution in [1.82, 2.24) is 10.6 Å². The Morgan fingerprint density at radius 2 is 1.78 bits per heavy atom. The molecule has 0 unspecified atom stereocenters. The third kappa shape index (κ3) is 9.08. The summed E-state index contributed by atoms with van der Waals surface area (Å²) in [6, 6.07) is 9.30. The van der Waals surface area contributed by atoms with Crippen LogP contribution in [0.5, 0.6) is 0 Å². The maximum atomic E-state index is 11.6. The van der Waals surface area contributed by atoms with Gasteiger partial charge in [-0.15, -0.1) is 0 Å². The Balaban J connectivity index is 2.26. The molecule has 0 saturated carbocycles. The normalized spacial score (nSPS) is 11.1. The standard InChI is InChI=1S/C17H22N2O4/c1-17(2,3)19-15(21)12-23-16(22)11-18-14(20)10-9-13-7-5-4-6-8-13/h4-10H,11-12H2,1-3H3,(H,18,20)(H,19,21)/b10-9+. The molecule has 2 N–H and O–H groups in total. The lowest BCUT2D eigenvalue weighted by atomic mass is 10.1. The number of nitrogens with one attached hydrogen (secondary N) is 2. The Morgan fingerprint density at radius 1 is 1.13 bits per heavy atom. The van der Waals surface area contributed by atoms with Crippen molar-refractivity contribution in [3.63, 3.8) is 0 Å². The van der Waals surface area contributed by atoms with Crippen LogP contribution in [0, 0.1) is 0 Å². The van der Waals surface area contributed by atoms with E-state index in [1.165, 1.54) is 6.08 Å². The van der Waals surface area contributed by atoms with E-state index in [2.05, 4.69) is 10.6 Å². The molecule has 0 aliphatic carbocycles. The minimum absolute atomic E-state index is 0.291. The maximum absolute atomic E-state index is 11.6. The molecule has 0 fully saturated rings. The van der Waals surface area contributed by atoms with Gasteiger partial charge in [-0.3, -0.25) is 14.4 Å². The zero-order valence-electron chi connectivity index (χ0n) is 13.6. The molecular weight excluding hydrogens is 296 g/mol. The number of benzene rings is 1. The van der Waals surface area contributed by atoms with E-state index in [0.717, 1.165) is 5.56 Å². The molecule has 1 aromatic rings. The molecule has 0 atom stereocenters. The van der Waals surface area contributed by atoms with Gasteiger partial charge in [-0.05, 0) is 32.4 Å². The first-order valence-corrected chi connectivity index (χ1v) is 7.24. The lowest BCUT2D eigenvalue weighted by molar-refractivity contribution is -0.148. The molecule has 6 heteroatoms. The molecule has 0 bridgehead atoms. The van der Waals surface area contributed by atoms with Gasteiger partial charge in [-0.1, -0.05) is 30.3 Å². The summed E-state index contributed by atoms with van der Waals surface area (Å²) in [5, 5.41) is 5.06. The van der Waals surface area contributed by atoms with Crippen molar-refractivity contribution in [2.24, 2.45) is 0 Å². The number of carbonyl (C=O) groups excluding carboxylic acids is 3. The smallest absolute Gasteiger partial charge is 0.325 e. The number of esters is 1. The summed E-state index contributed by atoms with van der Waals surface area (Å²) >= 11 is 0. The molecule has 23 heavy (non-hydrogen) atoms. The average molecular weight is 318 g/mol. The predicted molar refractivity (Wildman–Crippen MR) is 87.3 cm³/mol. The van der Waals surface area contributed by atoms with Crippen molar-refractivity contribution in [2.45, 2.75) is 26.3 Å². The van der Waals surface area contributed by atoms with E-state index in [1.807, 2.05) is 51.1 Å². The number of hydrogen-bond donors (Lipinski definition) is 2. The molecule has 0 aliphatic rings. The van der Waals surface area contributed by atoms with Crippen LogP contribution < -0.4 is 10.6 Å². The van der Waals surface area contributed by atoms with E-state index in [0.29, 0.717) is 0 Å². The fourth-order valence-corrected chi connectivity index (χ4v) is 1.61. The molecule has 6 nitrogen and oxygen atoms in total. The van der Waals surface area contributed by atoms with Gasteiger partial charge < -0.3 is 15.4 Å². The second-order valence-corrected chi connectivity index (χ2v) is 5.92. The van der Waals surface area contributed by atoms with Crippen LogP contribution in [0.4, 0.5) is 0 Å². The lowest BCUT2D eigenvalue weighted by Crippen LogP contribution is -2.43. The summed E-state index contributed by atoms with van der Waals surface area (Å²) in [5.74, 6) is -1.47. The van der Waals surface area contributed by atoms with Crippen molar-refractivity contribution in [3.05, 3.63) is 42.0 Å². The average Bonchev–Trinajstić information content (AvgIpc) is 2.48. The van der Waals surface area contributed by atoms with Gasteiger partial charge in [0.05, 0.1) is 0 Å². The quantitative estimate of drug-likeness (QED) is 0.611. The van der Waals surface area contributed by atoms with Crippen molar-refractivity contribution >= 4 is 23.9 Å². The Hall–Kier alpha value is -2.63. The van der Waals surface area contributed by atoms with E-state index in [1.54, 1.807) is 6.08 Å². The van der Waals surface area contributed by atoms with Crippen LogP contribution in [0.2, 0.25) is 0 Å². The summed E-state index contributed by atoms with van der Waals surface area (Å²) in [4.78, 5) is 34.5. The van der Waals surface area contributed by atoms with Crippen molar-refractivity contribution in [1.29, 1.82) is 0 Å². The van der Waals surface area contributed by atoms with Crippen molar-refractivity contribution in [2.75, 3.05) is 13.2 Å². The highest BCUT2D eigenvalue weighted by Gasteiger charge is 2.15. The van der Waals surface area contributed by atoms with E-state index >= 15 is 0 Å². The molecular formula is C17H22N2O4. The van der Waals surface area contributed by atoms with Crippen LogP contribution in [0.3, 0.4) is 0 Å². The first kappa shape index (κ1) is 18.4. The van der Waals surface area contributed by atoms with Crippen molar-refractivity contribution in [3.8, 4) is 0 Å². The van der Waals surface area contributed by atoms with Gasteiger partial charge >= 0.3 is 5.97 Å². The molecule has 0 radical (unpaired) electrons. The largest absolute Gasteiger partial charge is 0.454 e. The summed E-state index contributed by atoms with van der Waals surface area (Å²) in [6.45, 7) is 4.82. The highest BCUT2D eigenvalue weighted by atomic mass is 16.5. The zero-order valence-corrected chi connectivity index (χ0v) is 13.6. The third-order valence-corrected chi connectivity index (χ3v) is 2.51. The number of rotatable bonds is 6. The SMILES string of the molecule is CC(C)(C)NC(=O)COC(=O)CNC(=O)/C=C/c1ccccc1. The van der Waals surface area contributed by atoms with Crippen LogP contribution in [-0.4, -0.2) is 36.5 Å². The zero-order chi connectivity index (χ0) is 17.3. The molecule has 1 aromatic carbocycles. The fourth-order valence-electron chi connectivity index (χ4n) is 1.61. The molecule has 0 saturated heterocycles. The molecule has 0 aromatic heterocycles. The minimum atomic E-state index is -0.671. The van der Waals surface area contributed by atoms with E-state index in [-0.39, 0.29) is 24.6 Å². The van der Waals surface area contributed by atoms with E-state index in [4.69, 9.17) is 4.74 Å². The maximum Gasteiger partial charge on any atom is 0.325 e. The van der Waals surface area contributed by atoms with Gasteiger partial charge in [0.1, 0.15) is 6.54 Å².